The van der Waals surface area contributed by atoms with E-state index in [4.69, 9.17) is 5.11 Å². The zero-order chi connectivity index (χ0) is 15.7. The second-order valence-electron chi connectivity index (χ2n) is 5.73. The third-order valence-corrected chi connectivity index (χ3v) is 3.84. The van der Waals surface area contributed by atoms with Crippen LogP contribution < -0.4 is 0 Å². The van der Waals surface area contributed by atoms with Crippen LogP contribution in [0, 0.1) is 0 Å². The standard InChI is InChI=1S/C16H19N3O3/c1-10(20)8-19-7-6-13-14(9-19)18-15(17-13)11-2-4-12(5-3-11)16(21)22/h2-5,10,20H,6-9H2,1H3,(H,17,18)(H,21,22)/t10-/m1/s1. The quantitative estimate of drug-likeness (QED) is 0.796. The van der Waals surface area contributed by atoms with E-state index in [1.54, 1.807) is 31.2 Å². The van der Waals surface area contributed by atoms with Gasteiger partial charge in [0.2, 0.25) is 0 Å². The number of aromatic amines is 1. The zero-order valence-corrected chi connectivity index (χ0v) is 12.4. The van der Waals surface area contributed by atoms with Crippen molar-refractivity contribution in [3.63, 3.8) is 0 Å². The lowest BCUT2D eigenvalue weighted by Gasteiger charge is -2.26. The number of aromatic nitrogens is 2. The lowest BCUT2D eigenvalue weighted by Crippen LogP contribution is -2.35. The van der Waals surface area contributed by atoms with Gasteiger partial charge in [0.1, 0.15) is 5.82 Å². The maximum atomic E-state index is 10.9. The van der Waals surface area contributed by atoms with Gasteiger partial charge in [-0.3, -0.25) is 4.90 Å². The molecule has 22 heavy (non-hydrogen) atoms. The number of hydrogen-bond acceptors (Lipinski definition) is 4. The normalized spacial score (nSPS) is 16.3. The molecule has 0 saturated heterocycles. The number of aromatic carboxylic acids is 1. The van der Waals surface area contributed by atoms with Gasteiger partial charge in [-0.1, -0.05) is 12.1 Å². The maximum absolute atomic E-state index is 10.9. The van der Waals surface area contributed by atoms with E-state index in [1.807, 2.05) is 0 Å². The number of benzene rings is 1. The Morgan fingerprint density at radius 2 is 2.14 bits per heavy atom. The molecule has 1 aliphatic rings. The van der Waals surface area contributed by atoms with Crippen LogP contribution in [0.2, 0.25) is 0 Å². The fourth-order valence-electron chi connectivity index (χ4n) is 2.79. The maximum Gasteiger partial charge on any atom is 0.335 e. The molecular formula is C16H19N3O3. The van der Waals surface area contributed by atoms with Crippen molar-refractivity contribution in [2.45, 2.75) is 26.0 Å². The molecule has 1 aromatic heterocycles. The van der Waals surface area contributed by atoms with Crippen molar-refractivity contribution >= 4 is 5.97 Å². The molecule has 0 amide bonds. The van der Waals surface area contributed by atoms with Crippen LogP contribution in [0.4, 0.5) is 0 Å². The molecule has 2 aromatic rings. The third kappa shape index (κ3) is 3.03. The fourth-order valence-corrected chi connectivity index (χ4v) is 2.79. The van der Waals surface area contributed by atoms with Crippen molar-refractivity contribution in [2.24, 2.45) is 0 Å². The second-order valence-corrected chi connectivity index (χ2v) is 5.73. The lowest BCUT2D eigenvalue weighted by atomic mass is 10.1. The summed E-state index contributed by atoms with van der Waals surface area (Å²) in [6.07, 6.45) is 0.513. The van der Waals surface area contributed by atoms with Crippen molar-refractivity contribution in [2.75, 3.05) is 13.1 Å². The van der Waals surface area contributed by atoms with Gasteiger partial charge in [0.25, 0.3) is 0 Å². The molecule has 0 saturated carbocycles. The van der Waals surface area contributed by atoms with Gasteiger partial charge in [-0.25, -0.2) is 9.78 Å². The van der Waals surface area contributed by atoms with E-state index in [1.165, 1.54) is 0 Å². The molecule has 1 atom stereocenters. The molecule has 0 spiro atoms. The van der Waals surface area contributed by atoms with E-state index in [2.05, 4.69) is 14.9 Å². The molecule has 2 heterocycles. The van der Waals surface area contributed by atoms with E-state index < -0.39 is 5.97 Å². The molecule has 0 fully saturated rings. The summed E-state index contributed by atoms with van der Waals surface area (Å²) in [5.41, 5.74) is 3.27. The molecule has 0 radical (unpaired) electrons. The first-order valence-corrected chi connectivity index (χ1v) is 7.35. The van der Waals surface area contributed by atoms with Gasteiger partial charge < -0.3 is 15.2 Å². The van der Waals surface area contributed by atoms with Crippen LogP contribution >= 0.6 is 0 Å². The highest BCUT2D eigenvalue weighted by atomic mass is 16.4. The summed E-state index contributed by atoms with van der Waals surface area (Å²) < 4.78 is 0. The van der Waals surface area contributed by atoms with E-state index in [-0.39, 0.29) is 11.7 Å². The minimum absolute atomic E-state index is 0.267. The number of imidazole rings is 1. The molecule has 6 nitrogen and oxygen atoms in total. The lowest BCUT2D eigenvalue weighted by molar-refractivity contribution is 0.0697. The van der Waals surface area contributed by atoms with Gasteiger partial charge in [-0.05, 0) is 19.1 Å². The number of fused-ring (bicyclic) bond motifs is 1. The summed E-state index contributed by atoms with van der Waals surface area (Å²) in [7, 11) is 0. The molecule has 0 aliphatic carbocycles. The molecule has 3 rings (SSSR count). The summed E-state index contributed by atoms with van der Waals surface area (Å²) in [4.78, 5) is 21.0. The van der Waals surface area contributed by atoms with Crippen LogP contribution in [-0.2, 0) is 13.0 Å². The highest BCUT2D eigenvalue weighted by Gasteiger charge is 2.21. The molecule has 1 aromatic carbocycles. The topological polar surface area (TPSA) is 89.4 Å². The molecule has 6 heteroatoms. The predicted molar refractivity (Wildman–Crippen MR) is 81.6 cm³/mol. The highest BCUT2D eigenvalue weighted by Crippen LogP contribution is 2.23. The number of carboxylic acid groups (broad SMARTS) is 1. The Bertz CT molecular complexity index is 676. The molecule has 0 unspecified atom stereocenters. The number of H-pyrrole nitrogens is 1. The number of nitrogens with zero attached hydrogens (tertiary/aromatic N) is 2. The van der Waals surface area contributed by atoms with E-state index >= 15 is 0 Å². The van der Waals surface area contributed by atoms with Crippen molar-refractivity contribution in [1.29, 1.82) is 0 Å². The number of aliphatic hydroxyl groups is 1. The monoisotopic (exact) mass is 301 g/mol. The second kappa shape index (κ2) is 5.90. The average Bonchev–Trinajstić information content (AvgIpc) is 2.90. The smallest absolute Gasteiger partial charge is 0.335 e. The Morgan fingerprint density at radius 1 is 1.41 bits per heavy atom. The third-order valence-electron chi connectivity index (χ3n) is 3.84. The van der Waals surface area contributed by atoms with Crippen LogP contribution in [0.25, 0.3) is 11.4 Å². The van der Waals surface area contributed by atoms with Crippen LogP contribution in [0.5, 0.6) is 0 Å². The largest absolute Gasteiger partial charge is 0.478 e. The summed E-state index contributed by atoms with van der Waals surface area (Å²) in [5, 5.41) is 18.4. The number of nitrogens with one attached hydrogen (secondary N) is 1. The van der Waals surface area contributed by atoms with E-state index in [0.717, 1.165) is 42.3 Å². The minimum atomic E-state index is -0.931. The number of β-amino-alcohol motifs (C(OH)–C–C–N with tert-alkyl or cyclic N) is 1. The van der Waals surface area contributed by atoms with Crippen LogP contribution in [0.15, 0.2) is 24.3 Å². The molecular weight excluding hydrogens is 282 g/mol. The average molecular weight is 301 g/mol. The van der Waals surface area contributed by atoms with E-state index in [9.17, 15) is 9.90 Å². The van der Waals surface area contributed by atoms with Gasteiger partial charge in [0, 0.05) is 31.6 Å². The summed E-state index contributed by atoms with van der Waals surface area (Å²) >= 11 is 0. The Kier molecular flexibility index (Phi) is 3.96. The number of hydrogen-bond donors (Lipinski definition) is 3. The zero-order valence-electron chi connectivity index (χ0n) is 12.4. The Balaban J connectivity index is 1.80. The molecule has 3 N–H and O–H groups in total. The SMILES string of the molecule is C[C@@H](O)CN1CCc2nc(-c3ccc(C(=O)O)cc3)[nH]c2C1. The van der Waals surface area contributed by atoms with Gasteiger partial charge in [-0.2, -0.15) is 0 Å². The Labute approximate surface area is 128 Å². The van der Waals surface area contributed by atoms with Gasteiger partial charge in [0.05, 0.1) is 23.1 Å². The first-order valence-electron chi connectivity index (χ1n) is 7.35. The van der Waals surface area contributed by atoms with Gasteiger partial charge in [0.15, 0.2) is 0 Å². The highest BCUT2D eigenvalue weighted by molar-refractivity contribution is 5.88. The van der Waals surface area contributed by atoms with Crippen molar-refractivity contribution in [3.05, 3.63) is 41.2 Å². The van der Waals surface area contributed by atoms with Crippen LogP contribution in [-0.4, -0.2) is 50.2 Å². The number of carboxylic acids is 1. The Hall–Kier alpha value is -2.18. The summed E-state index contributed by atoms with van der Waals surface area (Å²) in [6, 6.07) is 6.69. The molecule has 0 bridgehead atoms. The first kappa shape index (κ1) is 14.7. The van der Waals surface area contributed by atoms with Gasteiger partial charge >= 0.3 is 5.97 Å². The predicted octanol–water partition coefficient (Wildman–Crippen LogP) is 1.51. The van der Waals surface area contributed by atoms with Crippen molar-refractivity contribution < 1.29 is 15.0 Å². The molecule has 116 valence electrons. The van der Waals surface area contributed by atoms with Crippen molar-refractivity contribution in [1.82, 2.24) is 14.9 Å². The van der Waals surface area contributed by atoms with Crippen LogP contribution in [0.3, 0.4) is 0 Å². The number of aliphatic hydroxyl groups excluding tert-OH is 1. The number of rotatable bonds is 4. The van der Waals surface area contributed by atoms with E-state index in [0.29, 0.717) is 6.54 Å². The first-order chi connectivity index (χ1) is 10.5. The Morgan fingerprint density at radius 3 is 2.77 bits per heavy atom. The van der Waals surface area contributed by atoms with Crippen LogP contribution in [0.1, 0.15) is 28.7 Å². The van der Waals surface area contributed by atoms with Gasteiger partial charge in [-0.15, -0.1) is 0 Å². The minimum Gasteiger partial charge on any atom is -0.478 e. The molecule has 1 aliphatic heterocycles. The van der Waals surface area contributed by atoms with Crippen molar-refractivity contribution in [3.8, 4) is 11.4 Å². The number of carbonyl (C=O) groups is 1. The fraction of sp³-hybridized carbons (Fsp3) is 0.375. The summed E-state index contributed by atoms with van der Waals surface area (Å²) in [6.45, 7) is 4.08. The summed E-state index contributed by atoms with van der Waals surface area (Å²) in [5.74, 6) is -0.167.